The summed E-state index contributed by atoms with van der Waals surface area (Å²) in [6.07, 6.45) is 0.912. The monoisotopic (exact) mass is 198 g/mol. The number of hydrogen-bond acceptors (Lipinski definition) is 3. The molecule has 3 nitrogen and oxygen atoms in total. The molecule has 0 saturated carbocycles. The van der Waals surface area contributed by atoms with Crippen molar-refractivity contribution < 1.29 is 4.79 Å². The van der Waals surface area contributed by atoms with Gasteiger partial charge in [-0.05, 0) is 23.7 Å². The van der Waals surface area contributed by atoms with Crippen molar-refractivity contribution in [3.05, 3.63) is 22.9 Å². The first-order valence-corrected chi connectivity index (χ1v) is 5.22. The highest BCUT2D eigenvalue weighted by Crippen LogP contribution is 2.04. The van der Waals surface area contributed by atoms with E-state index in [0.29, 0.717) is 0 Å². The molecule has 1 amide bonds. The van der Waals surface area contributed by atoms with Crippen molar-refractivity contribution in [2.45, 2.75) is 6.42 Å². The Balaban J connectivity index is 0.000000145. The van der Waals surface area contributed by atoms with E-state index in [1.54, 1.807) is 11.3 Å². The van der Waals surface area contributed by atoms with Gasteiger partial charge in [0.15, 0.2) is 0 Å². The van der Waals surface area contributed by atoms with E-state index in [1.807, 2.05) is 22.9 Å². The number of carbonyl (C=O) groups is 1. The number of primary amides is 1. The molecule has 1 aromatic rings. The summed E-state index contributed by atoms with van der Waals surface area (Å²) in [5.74, 6) is -0.0787. The molecule has 1 aromatic heterocycles. The highest BCUT2D eigenvalue weighted by atomic mass is 32.1. The van der Waals surface area contributed by atoms with Crippen LogP contribution in [0.15, 0.2) is 22.9 Å². The third-order valence-electron chi connectivity index (χ3n) is 1.89. The standard InChI is InChI=1S/C5H10N2O.C4H4S/c6-5(8)4-1-2-7-3-4;1-2-4-5-3-1/h4,7H,1-3H2,(H2,6,8);1-4H. The lowest BCUT2D eigenvalue weighted by Gasteiger charge is -1.98. The Hall–Kier alpha value is -0.870. The Bertz CT molecular complexity index is 213. The van der Waals surface area contributed by atoms with Gasteiger partial charge >= 0.3 is 0 Å². The summed E-state index contributed by atoms with van der Waals surface area (Å²) < 4.78 is 0. The highest BCUT2D eigenvalue weighted by molar-refractivity contribution is 7.07. The Morgan fingerprint density at radius 3 is 2.38 bits per heavy atom. The van der Waals surface area contributed by atoms with Gasteiger partial charge in [0, 0.05) is 6.54 Å². The molecule has 2 heterocycles. The van der Waals surface area contributed by atoms with E-state index in [0.717, 1.165) is 19.5 Å². The van der Waals surface area contributed by atoms with Crippen LogP contribution in [0, 0.1) is 5.92 Å². The second-order valence-corrected chi connectivity index (χ2v) is 3.70. The lowest BCUT2D eigenvalue weighted by Crippen LogP contribution is -2.24. The first-order chi connectivity index (χ1) is 6.30. The maximum absolute atomic E-state index is 10.4. The molecule has 2 rings (SSSR count). The average molecular weight is 198 g/mol. The quantitative estimate of drug-likeness (QED) is 0.702. The predicted octanol–water partition coefficient (Wildman–Crippen LogP) is 0.829. The van der Waals surface area contributed by atoms with Crippen molar-refractivity contribution in [2.24, 2.45) is 11.7 Å². The molecular formula is C9H14N2OS. The second kappa shape index (κ2) is 5.72. The Labute approximate surface area is 81.9 Å². The first kappa shape index (κ1) is 10.2. The van der Waals surface area contributed by atoms with Crippen LogP contribution >= 0.6 is 11.3 Å². The van der Waals surface area contributed by atoms with Crippen LogP contribution in [0.25, 0.3) is 0 Å². The molecule has 3 N–H and O–H groups in total. The maximum Gasteiger partial charge on any atom is 0.221 e. The molecule has 0 spiro atoms. The third-order valence-corrected chi connectivity index (χ3v) is 2.52. The molecule has 0 aliphatic carbocycles. The number of nitrogens with two attached hydrogens (primary N) is 1. The molecule has 1 aliphatic heterocycles. The fraction of sp³-hybridized carbons (Fsp3) is 0.444. The zero-order valence-electron chi connectivity index (χ0n) is 7.40. The molecule has 0 aromatic carbocycles. The van der Waals surface area contributed by atoms with Crippen LogP contribution in [0.2, 0.25) is 0 Å². The summed E-state index contributed by atoms with van der Waals surface area (Å²) >= 11 is 1.71. The smallest absolute Gasteiger partial charge is 0.221 e. The van der Waals surface area contributed by atoms with Gasteiger partial charge in [0.05, 0.1) is 5.92 Å². The van der Waals surface area contributed by atoms with Crippen LogP contribution in [-0.2, 0) is 4.79 Å². The van der Waals surface area contributed by atoms with Crippen molar-refractivity contribution in [1.82, 2.24) is 5.32 Å². The largest absolute Gasteiger partial charge is 0.369 e. The topological polar surface area (TPSA) is 55.1 Å². The van der Waals surface area contributed by atoms with Crippen LogP contribution < -0.4 is 11.1 Å². The molecular weight excluding hydrogens is 184 g/mol. The van der Waals surface area contributed by atoms with Crippen LogP contribution in [-0.4, -0.2) is 19.0 Å². The maximum atomic E-state index is 10.4. The van der Waals surface area contributed by atoms with Gasteiger partial charge in [-0.1, -0.05) is 12.1 Å². The fourth-order valence-corrected chi connectivity index (χ4v) is 1.58. The summed E-state index contributed by atoms with van der Waals surface area (Å²) in [4.78, 5) is 10.4. The number of thiophene rings is 1. The zero-order valence-corrected chi connectivity index (χ0v) is 8.22. The lowest BCUT2D eigenvalue weighted by atomic mass is 10.1. The lowest BCUT2D eigenvalue weighted by molar-refractivity contribution is -0.121. The van der Waals surface area contributed by atoms with E-state index in [4.69, 9.17) is 5.73 Å². The Morgan fingerprint density at radius 2 is 2.15 bits per heavy atom. The van der Waals surface area contributed by atoms with Crippen LogP contribution in [0.4, 0.5) is 0 Å². The number of hydrogen-bond donors (Lipinski definition) is 2. The highest BCUT2D eigenvalue weighted by Gasteiger charge is 2.18. The van der Waals surface area contributed by atoms with Crippen LogP contribution in [0.1, 0.15) is 6.42 Å². The SMILES string of the molecule is NC(=O)C1CCNC1.c1ccsc1. The van der Waals surface area contributed by atoms with E-state index < -0.39 is 0 Å². The first-order valence-electron chi connectivity index (χ1n) is 4.28. The van der Waals surface area contributed by atoms with E-state index >= 15 is 0 Å². The van der Waals surface area contributed by atoms with Crippen LogP contribution in [0.3, 0.4) is 0 Å². The van der Waals surface area contributed by atoms with E-state index in [1.165, 1.54) is 0 Å². The third kappa shape index (κ3) is 4.05. The van der Waals surface area contributed by atoms with E-state index in [-0.39, 0.29) is 11.8 Å². The molecule has 4 heteroatoms. The minimum atomic E-state index is -0.171. The molecule has 0 radical (unpaired) electrons. The minimum absolute atomic E-state index is 0.0926. The molecule has 1 aliphatic rings. The molecule has 1 fully saturated rings. The summed E-state index contributed by atoms with van der Waals surface area (Å²) in [7, 11) is 0. The second-order valence-electron chi connectivity index (χ2n) is 2.89. The van der Waals surface area contributed by atoms with Gasteiger partial charge < -0.3 is 11.1 Å². The van der Waals surface area contributed by atoms with Gasteiger partial charge in [0.1, 0.15) is 0 Å². The van der Waals surface area contributed by atoms with Gasteiger partial charge in [0.2, 0.25) is 5.91 Å². The zero-order chi connectivity index (χ0) is 9.52. The molecule has 72 valence electrons. The summed E-state index contributed by atoms with van der Waals surface area (Å²) in [6.45, 7) is 1.71. The average Bonchev–Trinajstić information content (AvgIpc) is 2.82. The van der Waals surface area contributed by atoms with Gasteiger partial charge in [0.25, 0.3) is 0 Å². The summed E-state index contributed by atoms with van der Waals surface area (Å²) in [6, 6.07) is 4.04. The summed E-state index contributed by atoms with van der Waals surface area (Å²) in [5, 5.41) is 7.14. The Morgan fingerprint density at radius 1 is 1.46 bits per heavy atom. The predicted molar refractivity (Wildman–Crippen MR) is 54.5 cm³/mol. The van der Waals surface area contributed by atoms with Crippen molar-refractivity contribution >= 4 is 17.2 Å². The van der Waals surface area contributed by atoms with Crippen molar-refractivity contribution in [3.8, 4) is 0 Å². The number of carbonyl (C=O) groups excluding carboxylic acids is 1. The Kier molecular flexibility index (Phi) is 4.49. The summed E-state index contributed by atoms with van der Waals surface area (Å²) in [5.41, 5.74) is 5.02. The number of nitrogens with one attached hydrogen (secondary N) is 1. The molecule has 1 saturated heterocycles. The van der Waals surface area contributed by atoms with E-state index in [2.05, 4.69) is 5.32 Å². The van der Waals surface area contributed by atoms with Gasteiger partial charge in [-0.2, -0.15) is 11.3 Å². The number of amides is 1. The molecule has 1 unspecified atom stereocenters. The van der Waals surface area contributed by atoms with Gasteiger partial charge in [-0.15, -0.1) is 0 Å². The van der Waals surface area contributed by atoms with Crippen LogP contribution in [0.5, 0.6) is 0 Å². The number of rotatable bonds is 1. The normalized spacial score (nSPS) is 20.5. The fourth-order valence-electron chi connectivity index (χ4n) is 1.12. The van der Waals surface area contributed by atoms with E-state index in [9.17, 15) is 4.79 Å². The minimum Gasteiger partial charge on any atom is -0.369 e. The van der Waals surface area contributed by atoms with Crippen molar-refractivity contribution in [1.29, 1.82) is 0 Å². The molecule has 1 atom stereocenters. The molecule has 13 heavy (non-hydrogen) atoms. The van der Waals surface area contributed by atoms with Crippen molar-refractivity contribution in [2.75, 3.05) is 13.1 Å². The van der Waals surface area contributed by atoms with Gasteiger partial charge in [-0.25, -0.2) is 0 Å². The molecule has 0 bridgehead atoms. The van der Waals surface area contributed by atoms with Gasteiger partial charge in [-0.3, -0.25) is 4.79 Å². The van der Waals surface area contributed by atoms with Crippen molar-refractivity contribution in [3.63, 3.8) is 0 Å².